The molecule has 0 radical (unpaired) electrons. The molecule has 0 spiro atoms. The van der Waals surface area contributed by atoms with Gasteiger partial charge in [0.15, 0.2) is 12.6 Å². The van der Waals surface area contributed by atoms with Gasteiger partial charge in [-0.05, 0) is 56.1 Å². The molecular formula is C90H162N2O18. The number of benzene rings is 2. The maximum absolute atomic E-state index is 13.0. The Kier molecular flexibility index (Phi) is 62.3. The van der Waals surface area contributed by atoms with Gasteiger partial charge in [0.2, 0.25) is 11.8 Å². The molecule has 4 rings (SSSR count). The number of ether oxygens (including phenoxy) is 4. The van der Waals surface area contributed by atoms with Gasteiger partial charge in [0.05, 0.1) is 50.7 Å². The standard InChI is InChI=1S/C46H83NO9.C44H79NO9/c1-2-3-4-5-6-7-8-9-10-11-12-13-14-15-16-17-18-19-20-21-22-23-27-34-41(50)47-38(36-55-46-45(54)44(53)43(52)40(35-48)56-46)42(51)39(49)33-29-28-32-37-30-25-24-26-31-37;1-2-3-4-5-6-7-8-9-10-11-12-13-14-15-16-17-18-19-20-21-22-23-27-30-39(48)45-36(40(49)37(47)32-31-35-28-25-24-26-29-35)34-53-44-43(52)42(51)41(50)38(33-46)54-44/h24-26,30-31,38-40,42-46,48-49,51-54H,2-23,27-29,32-36H2,1H3,(H,47,50);24-26,28-29,36-38,40-44,46-47,49-52H,2-23,27,30-34H2,1H3,(H,45,48)/t38-,39+,40?,42-,43?,44?,45?,46?;36-,37+,38?,40-,41?,42?,43?,44?/m00/s1. The lowest BCUT2D eigenvalue weighted by molar-refractivity contribution is -0.303. The molecule has 2 aliphatic rings. The summed E-state index contributed by atoms with van der Waals surface area (Å²) in [6, 6.07) is 17.6. The Balaban J connectivity index is 0.000000571. The summed E-state index contributed by atoms with van der Waals surface area (Å²) in [7, 11) is 0. The van der Waals surface area contributed by atoms with Crippen molar-refractivity contribution >= 4 is 11.8 Å². The number of carbonyl (C=O) groups is 2. The summed E-state index contributed by atoms with van der Waals surface area (Å²) in [6.45, 7) is 2.69. The maximum atomic E-state index is 13.0. The summed E-state index contributed by atoms with van der Waals surface area (Å²) < 4.78 is 22.2. The Morgan fingerprint density at radius 3 is 0.882 bits per heavy atom. The number of rotatable bonds is 70. The van der Waals surface area contributed by atoms with Gasteiger partial charge in [-0.3, -0.25) is 9.59 Å². The number of unbranched alkanes of at least 4 members (excludes halogenated alkanes) is 45. The average molecular weight is 1560 g/mol. The highest BCUT2D eigenvalue weighted by Gasteiger charge is 2.46. The maximum Gasteiger partial charge on any atom is 0.220 e. The molecule has 0 aromatic heterocycles. The SMILES string of the molecule is CCCCCCCCCCCCCCCCCCCCCCCCCC(=O)N[C@@H](COC1OC(CO)C(O)C(O)C1O)[C@H](O)[C@H](O)CCCCc1ccccc1.CCCCCCCCCCCCCCCCCCCCCCCCCC(=O)N[C@@H](COC1OC(CO)C(O)C(O)C1O)[C@H](O)[C@H](O)CCc1ccccc1. The fourth-order valence-electron chi connectivity index (χ4n) is 15.1. The minimum absolute atomic E-state index is 0.247. The number of hydrogen-bond donors (Lipinski definition) is 14. The molecule has 20 heteroatoms. The molecule has 0 bridgehead atoms. The van der Waals surface area contributed by atoms with Crippen molar-refractivity contribution in [1.29, 1.82) is 0 Å². The highest BCUT2D eigenvalue weighted by atomic mass is 16.7. The van der Waals surface area contributed by atoms with Crippen molar-refractivity contribution in [1.82, 2.24) is 10.6 Å². The van der Waals surface area contributed by atoms with E-state index in [2.05, 4.69) is 36.6 Å². The fourth-order valence-corrected chi connectivity index (χ4v) is 15.1. The molecule has 2 aromatic rings. The Bertz CT molecular complexity index is 2380. The molecule has 640 valence electrons. The van der Waals surface area contributed by atoms with Crippen LogP contribution in [0.1, 0.15) is 359 Å². The molecule has 2 aromatic carbocycles. The summed E-state index contributed by atoms with van der Waals surface area (Å²) >= 11 is 0. The van der Waals surface area contributed by atoms with Crippen LogP contribution >= 0.6 is 0 Å². The Morgan fingerprint density at radius 1 is 0.336 bits per heavy atom. The van der Waals surface area contributed by atoms with E-state index in [1.54, 1.807) is 0 Å². The van der Waals surface area contributed by atoms with E-state index in [9.17, 15) is 70.9 Å². The zero-order valence-corrected chi connectivity index (χ0v) is 68.8. The van der Waals surface area contributed by atoms with Crippen LogP contribution in [-0.4, -0.2) is 197 Å². The van der Waals surface area contributed by atoms with Gasteiger partial charge >= 0.3 is 0 Å². The number of aliphatic hydroxyl groups is 12. The minimum atomic E-state index is -1.62. The van der Waals surface area contributed by atoms with Gasteiger partial charge in [0.1, 0.15) is 61.0 Å². The third kappa shape index (κ3) is 48.3. The van der Waals surface area contributed by atoms with Gasteiger partial charge in [0.25, 0.3) is 0 Å². The van der Waals surface area contributed by atoms with Crippen molar-refractivity contribution < 1.29 is 89.8 Å². The predicted molar refractivity (Wildman–Crippen MR) is 439 cm³/mol. The molecule has 16 atom stereocenters. The first-order chi connectivity index (χ1) is 53.6. The van der Waals surface area contributed by atoms with Gasteiger partial charge in [0, 0.05) is 12.8 Å². The normalized spacial score (nSPS) is 21.7. The molecule has 14 N–H and O–H groups in total. The van der Waals surface area contributed by atoms with Crippen molar-refractivity contribution in [2.24, 2.45) is 0 Å². The third-order valence-corrected chi connectivity index (χ3v) is 22.5. The molecular weight excluding hydrogens is 1400 g/mol. The van der Waals surface area contributed by atoms with Crippen LogP contribution in [0.4, 0.5) is 0 Å². The lowest BCUT2D eigenvalue weighted by atomic mass is 9.98. The van der Waals surface area contributed by atoms with E-state index in [4.69, 9.17) is 18.9 Å². The van der Waals surface area contributed by atoms with E-state index in [1.165, 1.54) is 250 Å². The molecule has 0 saturated carbocycles. The largest absolute Gasteiger partial charge is 0.394 e. The Hall–Kier alpha value is -3.26. The van der Waals surface area contributed by atoms with E-state index < -0.39 is 111 Å². The second-order valence-corrected chi connectivity index (χ2v) is 32.3. The van der Waals surface area contributed by atoms with Crippen molar-refractivity contribution in [2.45, 2.75) is 458 Å². The van der Waals surface area contributed by atoms with Crippen LogP contribution in [0.25, 0.3) is 0 Å². The van der Waals surface area contributed by atoms with E-state index in [-0.39, 0.29) is 44.3 Å². The number of hydrogen-bond acceptors (Lipinski definition) is 18. The molecule has 10 unspecified atom stereocenters. The van der Waals surface area contributed by atoms with Crippen LogP contribution in [0.5, 0.6) is 0 Å². The number of carbonyl (C=O) groups excluding carboxylic acids is 2. The van der Waals surface area contributed by atoms with Crippen LogP contribution in [0.3, 0.4) is 0 Å². The molecule has 2 saturated heterocycles. The average Bonchev–Trinajstić information content (AvgIpc) is 0.822. The highest BCUT2D eigenvalue weighted by Crippen LogP contribution is 2.27. The van der Waals surface area contributed by atoms with Crippen LogP contribution < -0.4 is 10.6 Å². The molecule has 2 amide bonds. The monoisotopic (exact) mass is 1560 g/mol. The smallest absolute Gasteiger partial charge is 0.220 e. The second kappa shape index (κ2) is 67.9. The zero-order chi connectivity index (χ0) is 79.9. The van der Waals surface area contributed by atoms with Crippen LogP contribution in [0.2, 0.25) is 0 Å². The summed E-state index contributed by atoms with van der Waals surface area (Å²) in [6.07, 6.45) is 44.3. The highest BCUT2D eigenvalue weighted by molar-refractivity contribution is 5.76. The third-order valence-electron chi connectivity index (χ3n) is 22.5. The molecule has 2 fully saturated rings. The van der Waals surface area contributed by atoms with Crippen LogP contribution in [0.15, 0.2) is 60.7 Å². The first-order valence-corrected chi connectivity index (χ1v) is 44.8. The number of aryl methyl sites for hydroxylation is 2. The zero-order valence-electron chi connectivity index (χ0n) is 68.8. The first-order valence-electron chi connectivity index (χ1n) is 44.8. The van der Waals surface area contributed by atoms with E-state index in [0.717, 1.165) is 56.9 Å². The summed E-state index contributed by atoms with van der Waals surface area (Å²) in [4.78, 5) is 25.9. The first kappa shape index (κ1) is 101. The molecule has 20 nitrogen and oxygen atoms in total. The van der Waals surface area contributed by atoms with Crippen LogP contribution in [-0.2, 0) is 41.4 Å². The summed E-state index contributed by atoms with van der Waals surface area (Å²) in [5.74, 6) is -0.554. The lowest BCUT2D eigenvalue weighted by Gasteiger charge is -2.40. The van der Waals surface area contributed by atoms with Gasteiger partial charge < -0.3 is 90.9 Å². The van der Waals surface area contributed by atoms with Crippen molar-refractivity contribution in [3.05, 3.63) is 71.8 Å². The number of amides is 2. The molecule has 0 aliphatic carbocycles. The van der Waals surface area contributed by atoms with E-state index in [0.29, 0.717) is 32.1 Å². The topological polar surface area (TPSA) is 338 Å². The van der Waals surface area contributed by atoms with Crippen molar-refractivity contribution in [3.63, 3.8) is 0 Å². The van der Waals surface area contributed by atoms with Gasteiger partial charge in [-0.1, -0.05) is 363 Å². The van der Waals surface area contributed by atoms with Crippen LogP contribution in [0, 0.1) is 0 Å². The van der Waals surface area contributed by atoms with E-state index >= 15 is 0 Å². The minimum Gasteiger partial charge on any atom is -0.394 e. The Morgan fingerprint density at radius 2 is 0.600 bits per heavy atom. The summed E-state index contributed by atoms with van der Waals surface area (Å²) in [5, 5.41) is 130. The summed E-state index contributed by atoms with van der Waals surface area (Å²) in [5.41, 5.74) is 2.20. The molecule has 110 heavy (non-hydrogen) atoms. The molecule has 2 aliphatic heterocycles. The second-order valence-electron chi connectivity index (χ2n) is 32.3. The van der Waals surface area contributed by atoms with Crippen molar-refractivity contribution in [3.8, 4) is 0 Å². The lowest BCUT2D eigenvalue weighted by Crippen LogP contribution is -2.60. The van der Waals surface area contributed by atoms with Gasteiger partial charge in [-0.25, -0.2) is 0 Å². The van der Waals surface area contributed by atoms with E-state index in [1.807, 2.05) is 48.5 Å². The van der Waals surface area contributed by atoms with Gasteiger partial charge in [-0.2, -0.15) is 0 Å². The molecule has 2 heterocycles. The van der Waals surface area contributed by atoms with Crippen molar-refractivity contribution in [2.75, 3.05) is 26.4 Å². The predicted octanol–water partition coefficient (Wildman–Crippen LogP) is 14.8. The Labute approximate surface area is 665 Å². The van der Waals surface area contributed by atoms with Gasteiger partial charge in [-0.15, -0.1) is 0 Å². The number of nitrogens with one attached hydrogen (secondary N) is 2. The number of aliphatic hydroxyl groups excluding tert-OH is 12. The fraction of sp³-hybridized carbons (Fsp3) is 0.844. The quantitative estimate of drug-likeness (QED) is 0.0274.